The second-order valence-electron chi connectivity index (χ2n) is 7.14. The molecule has 1 amide bonds. The largest absolute Gasteiger partial charge is 0.496 e. The van der Waals surface area contributed by atoms with Crippen LogP contribution in [0.15, 0.2) is 58.2 Å². The first-order valence-electron chi connectivity index (χ1n) is 9.59. The second-order valence-corrected chi connectivity index (χ2v) is 8.90. The highest BCUT2D eigenvalue weighted by Gasteiger charge is 2.18. The molecule has 0 unspecified atom stereocenters. The second kappa shape index (κ2) is 9.32. The van der Waals surface area contributed by atoms with Crippen LogP contribution >= 0.6 is 0 Å². The maximum Gasteiger partial charge on any atom is 0.253 e. The van der Waals surface area contributed by atoms with E-state index in [1.54, 1.807) is 32.5 Å². The van der Waals surface area contributed by atoms with E-state index in [1.165, 1.54) is 35.4 Å². The highest BCUT2D eigenvalue weighted by molar-refractivity contribution is 7.89. The van der Waals surface area contributed by atoms with Gasteiger partial charge in [0.1, 0.15) is 11.5 Å². The van der Waals surface area contributed by atoms with Crippen molar-refractivity contribution in [2.24, 2.45) is 0 Å². The van der Waals surface area contributed by atoms with Gasteiger partial charge in [-0.1, -0.05) is 0 Å². The topological polar surface area (TPSA) is 102 Å². The molecule has 0 spiro atoms. The minimum atomic E-state index is -3.72. The van der Waals surface area contributed by atoms with E-state index in [4.69, 9.17) is 9.15 Å². The van der Waals surface area contributed by atoms with E-state index in [-0.39, 0.29) is 17.3 Å². The molecule has 3 aromatic rings. The number of methoxy groups -OCH3 is 1. The van der Waals surface area contributed by atoms with E-state index in [0.29, 0.717) is 17.9 Å². The van der Waals surface area contributed by atoms with Gasteiger partial charge in [0.05, 0.1) is 37.1 Å². The van der Waals surface area contributed by atoms with Gasteiger partial charge in [-0.25, -0.2) is 13.1 Å². The lowest BCUT2D eigenvalue weighted by atomic mass is 10.1. The molecule has 2 aromatic heterocycles. The number of nitrogens with one attached hydrogen (secondary N) is 1. The smallest absolute Gasteiger partial charge is 0.253 e. The third kappa shape index (κ3) is 5.12. The first kappa shape index (κ1) is 22.5. The Morgan fingerprint density at radius 1 is 1.19 bits per heavy atom. The maximum absolute atomic E-state index is 12.8. The predicted octanol–water partition coefficient (Wildman–Crippen LogP) is 3.05. The summed E-state index contributed by atoms with van der Waals surface area (Å²) in [4.78, 5) is 18.8. The normalized spacial score (nSPS) is 11.4. The van der Waals surface area contributed by atoms with Crippen molar-refractivity contribution in [1.29, 1.82) is 0 Å². The Morgan fingerprint density at radius 3 is 2.52 bits per heavy atom. The zero-order chi connectivity index (χ0) is 22.6. The maximum atomic E-state index is 12.8. The molecule has 0 atom stereocenters. The number of hydrogen-bond donors (Lipinski definition) is 1. The van der Waals surface area contributed by atoms with Crippen LogP contribution in [0.5, 0.6) is 5.75 Å². The summed E-state index contributed by atoms with van der Waals surface area (Å²) < 4.78 is 37.9. The van der Waals surface area contributed by atoms with Crippen LogP contribution in [0.25, 0.3) is 0 Å². The first-order valence-corrected chi connectivity index (χ1v) is 11.1. The molecular weight excluding hydrogens is 418 g/mol. The number of carbonyl (C=O) groups excluding carboxylic acids is 1. The molecule has 9 heteroatoms. The van der Waals surface area contributed by atoms with Crippen molar-refractivity contribution in [3.8, 4) is 5.75 Å². The van der Waals surface area contributed by atoms with Crippen molar-refractivity contribution < 1.29 is 22.4 Å². The minimum Gasteiger partial charge on any atom is -0.496 e. The fourth-order valence-electron chi connectivity index (χ4n) is 3.19. The van der Waals surface area contributed by atoms with Gasteiger partial charge in [0, 0.05) is 29.9 Å². The van der Waals surface area contributed by atoms with Crippen LogP contribution in [0.2, 0.25) is 0 Å². The number of benzene rings is 1. The van der Waals surface area contributed by atoms with Crippen LogP contribution in [-0.4, -0.2) is 38.4 Å². The average Bonchev–Trinajstić information content (AvgIpc) is 3.28. The molecule has 0 aliphatic heterocycles. The van der Waals surface area contributed by atoms with Crippen LogP contribution in [0.4, 0.5) is 0 Å². The number of rotatable bonds is 8. The van der Waals surface area contributed by atoms with Gasteiger partial charge in [0.15, 0.2) is 0 Å². The fourth-order valence-corrected chi connectivity index (χ4v) is 4.18. The van der Waals surface area contributed by atoms with Crippen molar-refractivity contribution in [2.75, 3.05) is 14.2 Å². The quantitative estimate of drug-likeness (QED) is 0.574. The van der Waals surface area contributed by atoms with Gasteiger partial charge in [-0.15, -0.1) is 0 Å². The van der Waals surface area contributed by atoms with E-state index < -0.39 is 10.0 Å². The zero-order valence-corrected chi connectivity index (χ0v) is 18.7. The summed E-state index contributed by atoms with van der Waals surface area (Å²) in [6, 6.07) is 9.17. The molecule has 1 N–H and O–H groups in total. The number of amides is 1. The highest BCUT2D eigenvalue weighted by atomic mass is 32.2. The standard InChI is InChI=1S/C22H25N3O5S/c1-15-12-23-20(16(2)21(15)29-4)14-25(3)22(26)17-7-9-19(10-8-17)31(27,28)24-13-18-6-5-11-30-18/h5-12,24H,13-14H2,1-4H3. The summed E-state index contributed by atoms with van der Waals surface area (Å²) in [5.74, 6) is 1.02. The lowest BCUT2D eigenvalue weighted by molar-refractivity contribution is 0.0783. The van der Waals surface area contributed by atoms with Gasteiger partial charge in [-0.3, -0.25) is 9.78 Å². The molecule has 0 fully saturated rings. The van der Waals surface area contributed by atoms with Gasteiger partial charge in [-0.2, -0.15) is 0 Å². The first-order chi connectivity index (χ1) is 14.7. The third-order valence-corrected chi connectivity index (χ3v) is 6.33. The van der Waals surface area contributed by atoms with Crippen molar-refractivity contribution in [3.05, 3.63) is 77.0 Å². The van der Waals surface area contributed by atoms with Crippen molar-refractivity contribution in [2.45, 2.75) is 31.8 Å². The molecule has 0 aliphatic carbocycles. The molecule has 0 saturated heterocycles. The molecule has 31 heavy (non-hydrogen) atoms. The number of nitrogens with zero attached hydrogens (tertiary/aromatic N) is 2. The number of hydrogen-bond acceptors (Lipinski definition) is 6. The lowest BCUT2D eigenvalue weighted by Crippen LogP contribution is -2.27. The fraction of sp³-hybridized carbons (Fsp3) is 0.273. The summed E-state index contributed by atoms with van der Waals surface area (Å²) >= 11 is 0. The molecular formula is C22H25N3O5S. The Hall–Kier alpha value is -3.17. The summed E-state index contributed by atoms with van der Waals surface area (Å²) in [5, 5.41) is 0. The zero-order valence-electron chi connectivity index (χ0n) is 17.9. The molecule has 2 heterocycles. The number of ether oxygens (including phenoxy) is 1. The van der Waals surface area contributed by atoms with Gasteiger partial charge < -0.3 is 14.1 Å². The average molecular weight is 444 g/mol. The Balaban J connectivity index is 1.69. The number of aromatic nitrogens is 1. The van der Waals surface area contributed by atoms with E-state index in [2.05, 4.69) is 9.71 Å². The highest BCUT2D eigenvalue weighted by Crippen LogP contribution is 2.25. The third-order valence-electron chi connectivity index (χ3n) is 4.91. The van der Waals surface area contributed by atoms with Crippen LogP contribution in [-0.2, 0) is 23.1 Å². The Labute approximate surface area is 181 Å². The van der Waals surface area contributed by atoms with Crippen molar-refractivity contribution in [1.82, 2.24) is 14.6 Å². The summed E-state index contributed by atoms with van der Waals surface area (Å²) in [6.45, 7) is 4.16. The van der Waals surface area contributed by atoms with Crippen LogP contribution in [0, 0.1) is 13.8 Å². The monoisotopic (exact) mass is 443 g/mol. The van der Waals surface area contributed by atoms with Gasteiger partial charge in [0.2, 0.25) is 10.0 Å². The number of furan rings is 1. The summed E-state index contributed by atoms with van der Waals surface area (Å²) in [5.41, 5.74) is 2.92. The van der Waals surface area contributed by atoms with Crippen molar-refractivity contribution >= 4 is 15.9 Å². The molecule has 0 saturated carbocycles. The molecule has 0 radical (unpaired) electrons. The lowest BCUT2D eigenvalue weighted by Gasteiger charge is -2.19. The SMILES string of the molecule is COc1c(C)cnc(CN(C)C(=O)c2ccc(S(=O)(=O)NCc3ccco3)cc2)c1C. The minimum absolute atomic E-state index is 0.0467. The van der Waals surface area contributed by atoms with Crippen molar-refractivity contribution in [3.63, 3.8) is 0 Å². The Kier molecular flexibility index (Phi) is 6.77. The number of pyridine rings is 1. The molecule has 0 aliphatic rings. The van der Waals surface area contributed by atoms with E-state index in [1.807, 2.05) is 13.8 Å². The number of aryl methyl sites for hydroxylation is 1. The molecule has 1 aromatic carbocycles. The Bertz CT molecular complexity index is 1160. The molecule has 164 valence electrons. The molecule has 8 nitrogen and oxygen atoms in total. The van der Waals surface area contributed by atoms with Gasteiger partial charge in [0.25, 0.3) is 5.91 Å². The van der Waals surface area contributed by atoms with Crippen LogP contribution in [0.3, 0.4) is 0 Å². The van der Waals surface area contributed by atoms with Gasteiger partial charge >= 0.3 is 0 Å². The number of carbonyl (C=O) groups is 1. The predicted molar refractivity (Wildman–Crippen MR) is 115 cm³/mol. The number of sulfonamides is 1. The van der Waals surface area contributed by atoms with Gasteiger partial charge in [-0.05, 0) is 50.2 Å². The van der Waals surface area contributed by atoms with E-state index >= 15 is 0 Å². The van der Waals surface area contributed by atoms with E-state index in [0.717, 1.165) is 22.6 Å². The molecule has 3 rings (SSSR count). The summed E-state index contributed by atoms with van der Waals surface area (Å²) in [6.07, 6.45) is 3.19. The summed E-state index contributed by atoms with van der Waals surface area (Å²) in [7, 11) is -0.448. The molecule has 0 bridgehead atoms. The Morgan fingerprint density at radius 2 is 1.90 bits per heavy atom. The van der Waals surface area contributed by atoms with Crippen LogP contribution in [0.1, 0.15) is 32.9 Å². The van der Waals surface area contributed by atoms with Crippen LogP contribution < -0.4 is 9.46 Å². The van der Waals surface area contributed by atoms with E-state index in [9.17, 15) is 13.2 Å².